The van der Waals surface area contributed by atoms with Crippen LogP contribution in [0.4, 0.5) is 0 Å². The summed E-state index contributed by atoms with van der Waals surface area (Å²) in [5, 5.41) is 16.9. The lowest BCUT2D eigenvalue weighted by molar-refractivity contribution is 0.0386. The van der Waals surface area contributed by atoms with E-state index in [1.165, 1.54) is 0 Å². The van der Waals surface area contributed by atoms with Crippen LogP contribution in [0.3, 0.4) is 0 Å². The Hall–Kier alpha value is -1.74. The molecule has 2 rings (SSSR count). The van der Waals surface area contributed by atoms with Crippen molar-refractivity contribution in [3.8, 4) is 5.75 Å². The van der Waals surface area contributed by atoms with Crippen LogP contribution in [0.1, 0.15) is 39.0 Å². The minimum atomic E-state index is -1.12. The molecule has 0 saturated carbocycles. The summed E-state index contributed by atoms with van der Waals surface area (Å²) in [6.45, 7) is 10.2. The topological polar surface area (TPSA) is 79.0 Å². The molecule has 1 aromatic carbocycles. The summed E-state index contributed by atoms with van der Waals surface area (Å²) in [4.78, 5) is 4.60. The third-order valence-electron chi connectivity index (χ3n) is 3.90. The Labute approximate surface area is 184 Å². The third kappa shape index (κ3) is 8.10. The van der Waals surface area contributed by atoms with Crippen molar-refractivity contribution in [1.82, 2.24) is 10.6 Å². The highest BCUT2D eigenvalue weighted by Gasteiger charge is 2.26. The number of ether oxygens (including phenoxy) is 1. The molecular weight excluding hydrogens is 469 g/mol. The van der Waals surface area contributed by atoms with E-state index in [2.05, 4.69) is 29.5 Å². The Morgan fingerprint density at radius 1 is 1.25 bits per heavy atom. The fraction of sp³-hybridized carbons (Fsp3) is 0.476. The molecule has 7 heteroatoms. The minimum Gasteiger partial charge on any atom is -0.493 e. The zero-order valence-electron chi connectivity index (χ0n) is 17.1. The molecule has 1 aromatic heterocycles. The predicted molar refractivity (Wildman–Crippen MR) is 123 cm³/mol. The highest BCUT2D eigenvalue weighted by atomic mass is 127. The van der Waals surface area contributed by atoms with Gasteiger partial charge in [0, 0.05) is 6.54 Å². The van der Waals surface area contributed by atoms with Crippen molar-refractivity contribution < 1.29 is 14.3 Å². The van der Waals surface area contributed by atoms with Gasteiger partial charge in [-0.15, -0.1) is 24.0 Å². The summed E-state index contributed by atoms with van der Waals surface area (Å²) in [6.07, 6.45) is 1.55. The van der Waals surface area contributed by atoms with Crippen LogP contribution in [-0.2, 0) is 12.1 Å². The fourth-order valence-corrected chi connectivity index (χ4v) is 2.44. The monoisotopic (exact) mass is 501 g/mol. The first kappa shape index (κ1) is 24.3. The van der Waals surface area contributed by atoms with Crippen LogP contribution in [-0.4, -0.2) is 30.8 Å². The molecule has 0 saturated heterocycles. The van der Waals surface area contributed by atoms with Crippen molar-refractivity contribution in [3.05, 3.63) is 54.0 Å². The smallest absolute Gasteiger partial charge is 0.191 e. The van der Waals surface area contributed by atoms with E-state index in [0.717, 1.165) is 17.9 Å². The zero-order chi connectivity index (χ0) is 19.7. The van der Waals surface area contributed by atoms with Crippen LogP contribution in [0.5, 0.6) is 5.75 Å². The molecule has 1 unspecified atom stereocenters. The SMILES string of the molecule is CCNC(=NCc1cccc(OCC(C)C)c1)NCC(C)(O)c1ccco1.I. The number of rotatable bonds is 9. The Kier molecular flexibility index (Phi) is 10.4. The first-order valence-electron chi connectivity index (χ1n) is 9.41. The third-order valence-corrected chi connectivity index (χ3v) is 3.90. The number of halogens is 1. The average molecular weight is 501 g/mol. The van der Waals surface area contributed by atoms with Crippen molar-refractivity contribution in [2.45, 2.75) is 39.8 Å². The van der Waals surface area contributed by atoms with E-state index in [9.17, 15) is 5.11 Å². The van der Waals surface area contributed by atoms with Gasteiger partial charge in [0.25, 0.3) is 0 Å². The molecule has 156 valence electrons. The Balaban J connectivity index is 0.00000392. The summed E-state index contributed by atoms with van der Waals surface area (Å²) in [6, 6.07) is 11.5. The molecule has 1 atom stereocenters. The molecule has 0 aliphatic heterocycles. The maximum atomic E-state index is 10.6. The molecule has 2 aromatic rings. The van der Waals surface area contributed by atoms with E-state index in [1.807, 2.05) is 31.2 Å². The van der Waals surface area contributed by atoms with Gasteiger partial charge in [0.1, 0.15) is 17.1 Å². The van der Waals surface area contributed by atoms with Crippen LogP contribution >= 0.6 is 24.0 Å². The Bertz CT molecular complexity index is 715. The Morgan fingerprint density at radius 3 is 2.68 bits per heavy atom. The van der Waals surface area contributed by atoms with Crippen LogP contribution in [0, 0.1) is 5.92 Å². The van der Waals surface area contributed by atoms with Gasteiger partial charge in [-0.3, -0.25) is 0 Å². The van der Waals surface area contributed by atoms with Crippen molar-refractivity contribution in [2.75, 3.05) is 19.7 Å². The molecule has 0 aliphatic rings. The normalized spacial score (nSPS) is 13.6. The number of hydrogen-bond donors (Lipinski definition) is 3. The summed E-state index contributed by atoms with van der Waals surface area (Å²) >= 11 is 0. The van der Waals surface area contributed by atoms with Gasteiger partial charge in [-0.1, -0.05) is 26.0 Å². The maximum Gasteiger partial charge on any atom is 0.191 e. The number of hydrogen-bond acceptors (Lipinski definition) is 4. The molecule has 0 spiro atoms. The van der Waals surface area contributed by atoms with E-state index in [4.69, 9.17) is 9.15 Å². The standard InChI is InChI=1S/C21H31N3O3.HI/c1-5-22-20(24-15-21(4,25)19-10-7-11-26-19)23-13-17-8-6-9-18(12-17)27-14-16(2)3;/h6-12,16,25H,5,13-15H2,1-4H3,(H2,22,23,24);1H. The first-order chi connectivity index (χ1) is 12.9. The van der Waals surface area contributed by atoms with Gasteiger partial charge >= 0.3 is 0 Å². The van der Waals surface area contributed by atoms with E-state index in [0.29, 0.717) is 30.8 Å². The van der Waals surface area contributed by atoms with Gasteiger partial charge in [0.15, 0.2) is 5.96 Å². The molecule has 0 fully saturated rings. The number of aliphatic hydroxyl groups is 1. The van der Waals surface area contributed by atoms with Gasteiger partial charge in [-0.25, -0.2) is 4.99 Å². The molecule has 1 heterocycles. The highest BCUT2D eigenvalue weighted by molar-refractivity contribution is 14.0. The lowest BCUT2D eigenvalue weighted by Crippen LogP contribution is -2.44. The molecule has 6 nitrogen and oxygen atoms in total. The van der Waals surface area contributed by atoms with Crippen LogP contribution in [0.15, 0.2) is 52.1 Å². The van der Waals surface area contributed by atoms with Crippen molar-refractivity contribution in [2.24, 2.45) is 10.9 Å². The second-order valence-electron chi connectivity index (χ2n) is 7.15. The minimum absolute atomic E-state index is 0. The van der Waals surface area contributed by atoms with Crippen LogP contribution in [0.2, 0.25) is 0 Å². The molecule has 0 bridgehead atoms. The molecule has 0 amide bonds. The van der Waals surface area contributed by atoms with Gasteiger partial charge in [0.2, 0.25) is 0 Å². The van der Waals surface area contributed by atoms with Crippen LogP contribution < -0.4 is 15.4 Å². The van der Waals surface area contributed by atoms with Crippen molar-refractivity contribution >= 4 is 29.9 Å². The quantitative estimate of drug-likeness (QED) is 0.276. The summed E-state index contributed by atoms with van der Waals surface area (Å²) in [5.41, 5.74) is -0.0594. The zero-order valence-corrected chi connectivity index (χ0v) is 19.4. The van der Waals surface area contributed by atoms with Crippen molar-refractivity contribution in [1.29, 1.82) is 0 Å². The number of furan rings is 1. The number of nitrogens with one attached hydrogen (secondary N) is 2. The largest absolute Gasteiger partial charge is 0.493 e. The lowest BCUT2D eigenvalue weighted by atomic mass is 10.0. The molecule has 3 N–H and O–H groups in total. The van der Waals surface area contributed by atoms with E-state index in [-0.39, 0.29) is 30.5 Å². The van der Waals surface area contributed by atoms with E-state index < -0.39 is 5.60 Å². The van der Waals surface area contributed by atoms with E-state index in [1.54, 1.807) is 25.3 Å². The Morgan fingerprint density at radius 2 is 2.04 bits per heavy atom. The van der Waals surface area contributed by atoms with Crippen LogP contribution in [0.25, 0.3) is 0 Å². The van der Waals surface area contributed by atoms with E-state index >= 15 is 0 Å². The number of nitrogens with zero attached hydrogens (tertiary/aromatic N) is 1. The van der Waals surface area contributed by atoms with Gasteiger partial charge < -0.3 is 24.9 Å². The fourth-order valence-electron chi connectivity index (χ4n) is 2.44. The molecule has 28 heavy (non-hydrogen) atoms. The lowest BCUT2D eigenvalue weighted by Gasteiger charge is -2.22. The number of guanidine groups is 1. The molecular formula is C21H32IN3O3. The molecule has 0 aliphatic carbocycles. The summed E-state index contributed by atoms with van der Waals surface area (Å²) in [5.74, 6) is 2.49. The average Bonchev–Trinajstić information content (AvgIpc) is 3.18. The number of benzene rings is 1. The van der Waals surface area contributed by atoms with Gasteiger partial charge in [-0.05, 0) is 49.6 Å². The summed E-state index contributed by atoms with van der Waals surface area (Å²) < 4.78 is 11.1. The first-order valence-corrected chi connectivity index (χ1v) is 9.41. The van der Waals surface area contributed by atoms with Gasteiger partial charge in [0.05, 0.1) is 26.0 Å². The second-order valence-corrected chi connectivity index (χ2v) is 7.15. The highest BCUT2D eigenvalue weighted by Crippen LogP contribution is 2.19. The second kappa shape index (κ2) is 12.0. The van der Waals surface area contributed by atoms with Crippen molar-refractivity contribution in [3.63, 3.8) is 0 Å². The van der Waals surface area contributed by atoms with Gasteiger partial charge in [-0.2, -0.15) is 0 Å². The predicted octanol–water partition coefficient (Wildman–Crippen LogP) is 3.90. The number of aliphatic imine (C=N–C) groups is 1. The molecule has 0 radical (unpaired) electrons. The summed E-state index contributed by atoms with van der Waals surface area (Å²) in [7, 11) is 0. The maximum absolute atomic E-state index is 10.6.